The van der Waals surface area contributed by atoms with Crippen molar-refractivity contribution < 1.29 is 9.53 Å². The highest BCUT2D eigenvalue weighted by atomic mass is 16.5. The van der Waals surface area contributed by atoms with Gasteiger partial charge in [0.2, 0.25) is 5.91 Å². The Bertz CT molecular complexity index is 565. The predicted molar refractivity (Wildman–Crippen MR) is 89.0 cm³/mol. The highest BCUT2D eigenvalue weighted by Crippen LogP contribution is 2.35. The van der Waals surface area contributed by atoms with E-state index in [-0.39, 0.29) is 11.9 Å². The summed E-state index contributed by atoms with van der Waals surface area (Å²) in [5.41, 5.74) is 3.65. The number of fused-ring (bicyclic) bond motifs is 1. The van der Waals surface area contributed by atoms with E-state index in [0.29, 0.717) is 18.9 Å². The lowest BCUT2D eigenvalue weighted by Crippen LogP contribution is -2.39. The second-order valence-electron chi connectivity index (χ2n) is 7.13. The summed E-state index contributed by atoms with van der Waals surface area (Å²) in [7, 11) is 0. The standard InChI is InChI=1S/C18H29N3O2/c1-4-21-15-8-10-23-12-14(15)18(19-21)16-7-5-6-9-20(16)17(22)11-13(2)3/h13,16H,4-12H2,1-3H3. The van der Waals surface area contributed by atoms with Gasteiger partial charge in [-0.05, 0) is 32.1 Å². The van der Waals surface area contributed by atoms with Crippen LogP contribution < -0.4 is 0 Å². The summed E-state index contributed by atoms with van der Waals surface area (Å²) in [6.45, 7) is 9.53. The number of carbonyl (C=O) groups excluding carboxylic acids is 1. The van der Waals surface area contributed by atoms with Gasteiger partial charge in [-0.1, -0.05) is 13.8 Å². The van der Waals surface area contributed by atoms with E-state index in [4.69, 9.17) is 9.84 Å². The summed E-state index contributed by atoms with van der Waals surface area (Å²) in [5.74, 6) is 0.678. The fourth-order valence-corrected chi connectivity index (χ4v) is 3.84. The number of aryl methyl sites for hydroxylation is 1. The molecule has 0 N–H and O–H groups in total. The molecule has 1 aromatic heterocycles. The van der Waals surface area contributed by atoms with Crippen molar-refractivity contribution in [2.45, 2.75) is 72.1 Å². The van der Waals surface area contributed by atoms with E-state index in [9.17, 15) is 4.79 Å². The van der Waals surface area contributed by atoms with Gasteiger partial charge in [0.05, 0.1) is 24.9 Å². The maximum atomic E-state index is 12.7. The third kappa shape index (κ3) is 3.30. The van der Waals surface area contributed by atoms with Gasteiger partial charge in [0.1, 0.15) is 0 Å². The third-order valence-electron chi connectivity index (χ3n) is 4.95. The number of likely N-dealkylation sites (tertiary alicyclic amines) is 1. The highest BCUT2D eigenvalue weighted by Gasteiger charge is 2.33. The number of amides is 1. The lowest BCUT2D eigenvalue weighted by molar-refractivity contribution is -0.136. The van der Waals surface area contributed by atoms with E-state index >= 15 is 0 Å². The SMILES string of the molecule is CCn1nc(C2CCCCN2C(=O)CC(C)C)c2c1CCOC2. The quantitative estimate of drug-likeness (QED) is 0.857. The van der Waals surface area contributed by atoms with E-state index < -0.39 is 0 Å². The van der Waals surface area contributed by atoms with E-state index in [1.54, 1.807) is 0 Å². The molecule has 0 aliphatic carbocycles. The first-order valence-corrected chi connectivity index (χ1v) is 9.07. The monoisotopic (exact) mass is 319 g/mol. The molecule has 5 nitrogen and oxygen atoms in total. The van der Waals surface area contributed by atoms with Gasteiger partial charge in [0, 0.05) is 37.2 Å². The summed E-state index contributed by atoms with van der Waals surface area (Å²) < 4.78 is 7.81. The highest BCUT2D eigenvalue weighted by molar-refractivity contribution is 5.77. The van der Waals surface area contributed by atoms with Crippen LogP contribution >= 0.6 is 0 Å². The van der Waals surface area contributed by atoms with Gasteiger partial charge in [0.25, 0.3) is 0 Å². The second kappa shape index (κ2) is 7.04. The predicted octanol–water partition coefficient (Wildman–Crippen LogP) is 3.08. The molecule has 1 fully saturated rings. The number of rotatable bonds is 4. The van der Waals surface area contributed by atoms with Gasteiger partial charge in [-0.2, -0.15) is 5.10 Å². The lowest BCUT2D eigenvalue weighted by atomic mass is 9.94. The minimum atomic E-state index is 0.137. The van der Waals surface area contributed by atoms with Gasteiger partial charge >= 0.3 is 0 Å². The first-order valence-electron chi connectivity index (χ1n) is 9.07. The third-order valence-corrected chi connectivity index (χ3v) is 4.95. The zero-order valence-corrected chi connectivity index (χ0v) is 14.7. The summed E-state index contributed by atoms with van der Waals surface area (Å²) in [6, 6.07) is 0.137. The summed E-state index contributed by atoms with van der Waals surface area (Å²) in [6.07, 6.45) is 4.86. The van der Waals surface area contributed by atoms with Gasteiger partial charge < -0.3 is 9.64 Å². The average Bonchev–Trinajstić information content (AvgIpc) is 2.93. The Hall–Kier alpha value is -1.36. The fourth-order valence-electron chi connectivity index (χ4n) is 3.84. The van der Waals surface area contributed by atoms with Crippen molar-refractivity contribution in [3.63, 3.8) is 0 Å². The number of piperidine rings is 1. The topological polar surface area (TPSA) is 47.4 Å². The summed E-state index contributed by atoms with van der Waals surface area (Å²) >= 11 is 0. The van der Waals surface area contributed by atoms with Gasteiger partial charge in [-0.25, -0.2) is 0 Å². The second-order valence-corrected chi connectivity index (χ2v) is 7.13. The van der Waals surface area contributed by atoms with E-state index in [0.717, 1.165) is 44.7 Å². The fraction of sp³-hybridized carbons (Fsp3) is 0.778. The molecule has 1 atom stereocenters. The normalized spacial score (nSPS) is 21.6. The van der Waals surface area contributed by atoms with Crippen LogP contribution in [-0.2, 0) is 29.1 Å². The largest absolute Gasteiger partial charge is 0.376 e. The number of ether oxygens (including phenoxy) is 1. The Kier molecular flexibility index (Phi) is 5.05. The van der Waals surface area contributed by atoms with Gasteiger partial charge in [0.15, 0.2) is 0 Å². The van der Waals surface area contributed by atoms with Gasteiger partial charge in [-0.3, -0.25) is 9.48 Å². The van der Waals surface area contributed by atoms with Crippen molar-refractivity contribution in [3.8, 4) is 0 Å². The van der Waals surface area contributed by atoms with E-state index in [1.807, 2.05) is 0 Å². The molecule has 0 radical (unpaired) electrons. The first-order chi connectivity index (χ1) is 11.1. The van der Waals surface area contributed by atoms with Crippen molar-refractivity contribution in [1.29, 1.82) is 0 Å². The van der Waals surface area contributed by atoms with Crippen LogP contribution in [0.5, 0.6) is 0 Å². The average molecular weight is 319 g/mol. The molecule has 0 spiro atoms. The number of hydrogen-bond donors (Lipinski definition) is 0. The van der Waals surface area contributed by atoms with Crippen LogP contribution in [0.25, 0.3) is 0 Å². The maximum absolute atomic E-state index is 12.7. The molecule has 2 aliphatic heterocycles. The van der Waals surface area contributed by atoms with Crippen LogP contribution in [0, 0.1) is 5.92 Å². The van der Waals surface area contributed by atoms with Crippen molar-refractivity contribution in [2.24, 2.45) is 5.92 Å². The number of aromatic nitrogens is 2. The zero-order chi connectivity index (χ0) is 16.4. The van der Waals surface area contributed by atoms with Crippen LogP contribution in [0.1, 0.15) is 69.4 Å². The van der Waals surface area contributed by atoms with Crippen LogP contribution in [-0.4, -0.2) is 33.7 Å². The molecule has 23 heavy (non-hydrogen) atoms. The Morgan fingerprint density at radius 3 is 2.96 bits per heavy atom. The minimum Gasteiger partial charge on any atom is -0.376 e. The molecule has 1 amide bonds. The number of nitrogens with zero attached hydrogens (tertiary/aromatic N) is 3. The first kappa shape index (κ1) is 16.5. The number of carbonyl (C=O) groups is 1. The van der Waals surface area contributed by atoms with Gasteiger partial charge in [-0.15, -0.1) is 0 Å². The summed E-state index contributed by atoms with van der Waals surface area (Å²) in [5, 5.41) is 4.89. The molecular formula is C18H29N3O2. The Morgan fingerprint density at radius 1 is 1.39 bits per heavy atom. The molecule has 0 saturated carbocycles. The zero-order valence-electron chi connectivity index (χ0n) is 14.7. The van der Waals surface area contributed by atoms with Crippen LogP contribution in [0.15, 0.2) is 0 Å². The van der Waals surface area contributed by atoms with Crippen LogP contribution in [0.4, 0.5) is 0 Å². The van der Waals surface area contributed by atoms with Crippen molar-refractivity contribution >= 4 is 5.91 Å². The molecule has 1 saturated heterocycles. The van der Waals surface area contributed by atoms with Crippen molar-refractivity contribution in [3.05, 3.63) is 17.0 Å². The molecule has 1 aromatic rings. The Balaban J connectivity index is 1.91. The summed E-state index contributed by atoms with van der Waals surface area (Å²) in [4.78, 5) is 14.8. The molecule has 0 bridgehead atoms. The van der Waals surface area contributed by atoms with Crippen molar-refractivity contribution in [1.82, 2.24) is 14.7 Å². The molecular weight excluding hydrogens is 290 g/mol. The smallest absolute Gasteiger partial charge is 0.223 e. The van der Waals surface area contributed by atoms with E-state index in [1.165, 1.54) is 17.7 Å². The van der Waals surface area contributed by atoms with E-state index in [2.05, 4.69) is 30.4 Å². The molecule has 3 rings (SSSR count). The van der Waals surface area contributed by atoms with Crippen LogP contribution in [0.2, 0.25) is 0 Å². The Labute approximate surface area is 139 Å². The molecule has 3 heterocycles. The molecule has 5 heteroatoms. The minimum absolute atomic E-state index is 0.137. The number of hydrogen-bond acceptors (Lipinski definition) is 3. The maximum Gasteiger partial charge on any atom is 0.223 e. The van der Waals surface area contributed by atoms with Crippen molar-refractivity contribution in [2.75, 3.05) is 13.2 Å². The lowest BCUT2D eigenvalue weighted by Gasteiger charge is -2.36. The van der Waals surface area contributed by atoms with Crippen LogP contribution in [0.3, 0.4) is 0 Å². The molecule has 2 aliphatic rings. The molecule has 0 aromatic carbocycles. The molecule has 1 unspecified atom stereocenters. The Morgan fingerprint density at radius 2 is 2.22 bits per heavy atom. The molecule has 128 valence electrons.